The molecule has 2 aromatic carbocycles. The summed E-state index contributed by atoms with van der Waals surface area (Å²) in [6.07, 6.45) is 1.60. The number of carbonyl (C=O) groups is 2. The molecular weight excluding hydrogens is 428 g/mol. The van der Waals surface area contributed by atoms with Gasteiger partial charge < -0.3 is 19.9 Å². The van der Waals surface area contributed by atoms with Crippen molar-refractivity contribution in [2.45, 2.75) is 6.54 Å². The zero-order valence-electron chi connectivity index (χ0n) is 17.3. The molecule has 0 aliphatic carbocycles. The zero-order chi connectivity index (χ0) is 22.8. The molecule has 3 aromatic rings. The summed E-state index contributed by atoms with van der Waals surface area (Å²) >= 11 is 5.26. The zero-order valence-corrected chi connectivity index (χ0v) is 18.1. The molecule has 1 aliphatic heterocycles. The number of phenolic OH excluding ortho intramolecular Hbond substituents is 1. The number of aromatic nitrogens is 2. The molecule has 2 N–H and O–H groups in total. The third kappa shape index (κ3) is 3.94. The monoisotopic (exact) mass is 450 g/mol. The van der Waals surface area contributed by atoms with Gasteiger partial charge >= 0.3 is 0 Å². The molecule has 9 heteroatoms. The summed E-state index contributed by atoms with van der Waals surface area (Å²) in [5, 5.41) is 10.4. The Hall–Kier alpha value is -3.72. The van der Waals surface area contributed by atoms with Crippen LogP contribution in [0, 0.1) is 4.77 Å². The normalized spacial score (nSPS) is 13.9. The standard InChI is InChI=1S/C23H22N4O4S/c1-2-9-27-22(31)16-8-7-15(14-18(16)24-23(27)32)20(29)25-10-12-26(13-11-25)21(30)17-5-3-4-6-19(17)28/h2-8,14,28H,1,9-13H2,(H,24,32). The Morgan fingerprint density at radius 3 is 2.38 bits per heavy atom. The smallest absolute Gasteiger partial charge is 0.262 e. The molecule has 0 atom stereocenters. The van der Waals surface area contributed by atoms with Crippen LogP contribution in [0.3, 0.4) is 0 Å². The SMILES string of the molecule is C=CCn1c(=S)[nH]c2cc(C(=O)N3CCN(C(=O)c4ccccc4O)CC3)ccc2c1=O. The van der Waals surface area contributed by atoms with E-state index in [-0.39, 0.29) is 33.5 Å². The highest BCUT2D eigenvalue weighted by Gasteiger charge is 2.26. The summed E-state index contributed by atoms with van der Waals surface area (Å²) in [5.41, 5.74) is 0.946. The number of nitrogens with one attached hydrogen (secondary N) is 1. The molecule has 4 rings (SSSR count). The number of aromatic amines is 1. The second-order valence-electron chi connectivity index (χ2n) is 7.50. The molecular formula is C23H22N4O4S. The third-order valence-corrected chi connectivity index (χ3v) is 5.85. The predicted molar refractivity (Wildman–Crippen MR) is 124 cm³/mol. The van der Waals surface area contributed by atoms with E-state index in [0.29, 0.717) is 49.2 Å². The molecule has 0 unspecified atom stereocenters. The molecule has 8 nitrogen and oxygen atoms in total. The first kappa shape index (κ1) is 21.5. The van der Waals surface area contributed by atoms with Gasteiger partial charge in [-0.1, -0.05) is 18.2 Å². The first-order chi connectivity index (χ1) is 15.4. The largest absolute Gasteiger partial charge is 0.507 e. The van der Waals surface area contributed by atoms with Crippen molar-refractivity contribution < 1.29 is 14.7 Å². The Kier molecular flexibility index (Phi) is 5.91. The second kappa shape index (κ2) is 8.80. The van der Waals surface area contributed by atoms with Crippen LogP contribution in [0.25, 0.3) is 10.9 Å². The Morgan fingerprint density at radius 1 is 1.06 bits per heavy atom. The number of allylic oxidation sites excluding steroid dienone is 1. The Morgan fingerprint density at radius 2 is 1.72 bits per heavy atom. The van der Waals surface area contributed by atoms with E-state index in [4.69, 9.17) is 12.2 Å². The van der Waals surface area contributed by atoms with E-state index in [1.165, 1.54) is 10.6 Å². The van der Waals surface area contributed by atoms with Gasteiger partial charge in [0.05, 0.1) is 16.5 Å². The van der Waals surface area contributed by atoms with Crippen LogP contribution in [0.2, 0.25) is 0 Å². The minimum atomic E-state index is -0.260. The number of hydrogen-bond donors (Lipinski definition) is 2. The lowest BCUT2D eigenvalue weighted by molar-refractivity contribution is 0.0534. The van der Waals surface area contributed by atoms with Gasteiger partial charge in [-0.2, -0.15) is 0 Å². The van der Waals surface area contributed by atoms with Gasteiger partial charge in [0, 0.05) is 38.3 Å². The van der Waals surface area contributed by atoms with Crippen LogP contribution < -0.4 is 5.56 Å². The van der Waals surface area contributed by atoms with E-state index in [9.17, 15) is 19.5 Å². The number of hydrogen-bond acceptors (Lipinski definition) is 5. The fourth-order valence-electron chi connectivity index (χ4n) is 3.80. The second-order valence-corrected chi connectivity index (χ2v) is 7.88. The van der Waals surface area contributed by atoms with Crippen LogP contribution in [-0.4, -0.2) is 62.5 Å². The number of nitrogens with zero attached hydrogens (tertiary/aromatic N) is 3. The van der Waals surface area contributed by atoms with E-state index >= 15 is 0 Å². The fraction of sp³-hybridized carbons (Fsp3) is 0.217. The number of rotatable bonds is 4. The summed E-state index contributed by atoms with van der Waals surface area (Å²) < 4.78 is 1.68. The van der Waals surface area contributed by atoms with Gasteiger partial charge in [0.1, 0.15) is 5.75 Å². The molecule has 1 aliphatic rings. The Balaban J connectivity index is 1.51. The lowest BCUT2D eigenvalue weighted by atomic mass is 10.1. The number of H-pyrrole nitrogens is 1. The number of amides is 2. The molecule has 0 bridgehead atoms. The molecule has 0 saturated carbocycles. The van der Waals surface area contributed by atoms with Crippen molar-refractivity contribution in [1.82, 2.24) is 19.4 Å². The number of carbonyl (C=O) groups excluding carboxylic acids is 2. The number of phenols is 1. The van der Waals surface area contributed by atoms with Gasteiger partial charge in [-0.3, -0.25) is 19.0 Å². The van der Waals surface area contributed by atoms with Crippen LogP contribution in [0.5, 0.6) is 5.75 Å². The Labute approximate surface area is 189 Å². The molecule has 1 fully saturated rings. The maximum absolute atomic E-state index is 13.0. The summed E-state index contributed by atoms with van der Waals surface area (Å²) in [4.78, 5) is 44.6. The lowest BCUT2D eigenvalue weighted by Crippen LogP contribution is -2.50. The van der Waals surface area contributed by atoms with Crippen LogP contribution >= 0.6 is 12.2 Å². The summed E-state index contributed by atoms with van der Waals surface area (Å²) in [5.74, 6) is -0.503. The minimum absolute atomic E-state index is 0.0586. The van der Waals surface area contributed by atoms with Gasteiger partial charge in [-0.15, -0.1) is 6.58 Å². The average molecular weight is 451 g/mol. The first-order valence-electron chi connectivity index (χ1n) is 10.1. The summed E-state index contributed by atoms with van der Waals surface area (Å²) in [6.45, 7) is 5.40. The lowest BCUT2D eigenvalue weighted by Gasteiger charge is -2.35. The van der Waals surface area contributed by atoms with Crippen LogP contribution in [-0.2, 0) is 6.54 Å². The first-order valence-corrected chi connectivity index (χ1v) is 10.6. The van der Waals surface area contributed by atoms with Crippen molar-refractivity contribution in [3.8, 4) is 5.75 Å². The highest BCUT2D eigenvalue weighted by molar-refractivity contribution is 7.71. The number of piperazine rings is 1. The maximum Gasteiger partial charge on any atom is 0.262 e. The van der Waals surface area contributed by atoms with E-state index in [2.05, 4.69) is 11.6 Å². The number of para-hydroxylation sites is 1. The van der Waals surface area contributed by atoms with Gasteiger partial charge in [0.15, 0.2) is 4.77 Å². The van der Waals surface area contributed by atoms with Crippen molar-refractivity contribution >= 4 is 34.9 Å². The number of fused-ring (bicyclic) bond motifs is 1. The highest BCUT2D eigenvalue weighted by atomic mass is 32.1. The molecule has 1 aromatic heterocycles. The predicted octanol–water partition coefficient (Wildman–Crippen LogP) is 2.55. The Bertz CT molecular complexity index is 1340. The van der Waals surface area contributed by atoms with Gasteiger partial charge in [-0.25, -0.2) is 0 Å². The molecule has 32 heavy (non-hydrogen) atoms. The fourth-order valence-corrected chi connectivity index (χ4v) is 4.07. The van der Waals surface area contributed by atoms with Crippen molar-refractivity contribution in [3.05, 3.63) is 81.4 Å². The van der Waals surface area contributed by atoms with E-state index in [1.807, 2.05) is 0 Å². The molecule has 1 saturated heterocycles. The summed E-state index contributed by atoms with van der Waals surface area (Å²) in [6, 6.07) is 11.3. The maximum atomic E-state index is 13.0. The number of benzene rings is 2. The van der Waals surface area contributed by atoms with Crippen molar-refractivity contribution in [1.29, 1.82) is 0 Å². The summed E-state index contributed by atoms with van der Waals surface area (Å²) in [7, 11) is 0. The van der Waals surface area contributed by atoms with Crippen molar-refractivity contribution in [2.75, 3.05) is 26.2 Å². The molecule has 2 heterocycles. The molecule has 2 amide bonds. The molecule has 164 valence electrons. The van der Waals surface area contributed by atoms with E-state index in [1.54, 1.807) is 52.3 Å². The van der Waals surface area contributed by atoms with E-state index < -0.39 is 0 Å². The van der Waals surface area contributed by atoms with Gasteiger partial charge in [0.25, 0.3) is 17.4 Å². The van der Waals surface area contributed by atoms with Crippen LogP contribution in [0.15, 0.2) is 59.9 Å². The van der Waals surface area contributed by atoms with Gasteiger partial charge in [0.2, 0.25) is 0 Å². The van der Waals surface area contributed by atoms with E-state index in [0.717, 1.165) is 0 Å². The topological polar surface area (TPSA) is 98.6 Å². The highest BCUT2D eigenvalue weighted by Crippen LogP contribution is 2.20. The number of aromatic hydroxyl groups is 1. The van der Waals surface area contributed by atoms with Gasteiger partial charge in [-0.05, 0) is 42.5 Å². The molecule has 0 radical (unpaired) electrons. The van der Waals surface area contributed by atoms with Crippen molar-refractivity contribution in [3.63, 3.8) is 0 Å². The minimum Gasteiger partial charge on any atom is -0.507 e. The third-order valence-electron chi connectivity index (χ3n) is 5.53. The van der Waals surface area contributed by atoms with Crippen molar-refractivity contribution in [2.24, 2.45) is 0 Å². The van der Waals surface area contributed by atoms with Crippen LogP contribution in [0.1, 0.15) is 20.7 Å². The molecule has 0 spiro atoms. The quantitative estimate of drug-likeness (QED) is 0.470. The average Bonchev–Trinajstić information content (AvgIpc) is 2.81. The van der Waals surface area contributed by atoms with Crippen LogP contribution in [0.4, 0.5) is 0 Å².